The predicted molar refractivity (Wildman–Crippen MR) is 126 cm³/mol. The molecule has 4 aromatic rings. The van der Waals surface area contributed by atoms with Crippen molar-refractivity contribution in [3.05, 3.63) is 84.3 Å². The second-order valence-electron chi connectivity index (χ2n) is 7.10. The maximum atomic E-state index is 12.9. The number of nitrogens with one attached hydrogen (secondary N) is 3. The molecule has 0 bridgehead atoms. The van der Waals surface area contributed by atoms with Crippen LogP contribution in [0, 0.1) is 0 Å². The summed E-state index contributed by atoms with van der Waals surface area (Å²) >= 11 is 5.26. The molecule has 3 N–H and O–H groups in total. The van der Waals surface area contributed by atoms with Gasteiger partial charge in [0.25, 0.3) is 5.91 Å². The van der Waals surface area contributed by atoms with Gasteiger partial charge in [-0.05, 0) is 66.8 Å². The van der Waals surface area contributed by atoms with Crippen molar-refractivity contribution < 1.29 is 18.0 Å². The molecule has 0 aliphatic carbocycles. The Balaban J connectivity index is 1.52. The van der Waals surface area contributed by atoms with E-state index >= 15 is 0 Å². The van der Waals surface area contributed by atoms with E-state index < -0.39 is 11.7 Å². The van der Waals surface area contributed by atoms with Crippen LogP contribution in [0.15, 0.2) is 73.1 Å². The van der Waals surface area contributed by atoms with Crippen molar-refractivity contribution in [3.8, 4) is 5.69 Å². The van der Waals surface area contributed by atoms with Crippen molar-refractivity contribution in [3.63, 3.8) is 0 Å². The molecule has 2 aromatic heterocycles. The second-order valence-corrected chi connectivity index (χ2v) is 7.50. The molecule has 0 fully saturated rings. The molecule has 1 amide bonds. The Morgan fingerprint density at radius 3 is 2.48 bits per heavy atom. The van der Waals surface area contributed by atoms with Crippen molar-refractivity contribution in [2.45, 2.75) is 6.18 Å². The standard InChI is InChI=1S/C23H18F3N5OS/c1-27-21(32)19-13-18(7-9-28-19)31-10-8-14-11-17(5-6-20(14)31)30-22(33)29-16-4-2-3-15(12-16)23(24,25)26/h2-13H,1H3,(H,27,32)(H2,29,30,33). The van der Waals surface area contributed by atoms with Crippen LogP contribution in [0.5, 0.6) is 0 Å². The molecular weight excluding hydrogens is 451 g/mol. The van der Waals surface area contributed by atoms with Crippen molar-refractivity contribution in [2.75, 3.05) is 17.7 Å². The summed E-state index contributed by atoms with van der Waals surface area (Å²) in [7, 11) is 1.54. The maximum absolute atomic E-state index is 12.9. The number of rotatable bonds is 4. The zero-order valence-electron chi connectivity index (χ0n) is 17.3. The summed E-state index contributed by atoms with van der Waals surface area (Å²) in [5, 5.41) is 9.38. The highest BCUT2D eigenvalue weighted by Crippen LogP contribution is 2.31. The number of benzene rings is 2. The largest absolute Gasteiger partial charge is 0.416 e. The van der Waals surface area contributed by atoms with E-state index in [9.17, 15) is 18.0 Å². The minimum absolute atomic E-state index is 0.164. The molecule has 0 aliphatic heterocycles. The first-order chi connectivity index (χ1) is 15.7. The normalized spacial score (nSPS) is 11.3. The maximum Gasteiger partial charge on any atom is 0.416 e. The first-order valence-electron chi connectivity index (χ1n) is 9.79. The smallest absolute Gasteiger partial charge is 0.354 e. The van der Waals surface area contributed by atoms with E-state index in [0.29, 0.717) is 11.4 Å². The van der Waals surface area contributed by atoms with Crippen LogP contribution in [0.2, 0.25) is 0 Å². The number of aromatic nitrogens is 2. The van der Waals surface area contributed by atoms with Gasteiger partial charge in [0.05, 0.1) is 11.1 Å². The Hall–Kier alpha value is -3.92. The fourth-order valence-electron chi connectivity index (χ4n) is 3.33. The molecule has 10 heteroatoms. The van der Waals surface area contributed by atoms with Crippen LogP contribution in [0.1, 0.15) is 16.1 Å². The Morgan fingerprint density at radius 1 is 1.00 bits per heavy atom. The third kappa shape index (κ3) is 4.96. The second kappa shape index (κ2) is 8.91. The zero-order valence-corrected chi connectivity index (χ0v) is 18.1. The fourth-order valence-corrected chi connectivity index (χ4v) is 3.57. The van der Waals surface area contributed by atoms with Gasteiger partial charge in [0.15, 0.2) is 5.11 Å². The molecule has 0 aliphatic rings. The van der Waals surface area contributed by atoms with E-state index in [2.05, 4.69) is 20.9 Å². The minimum atomic E-state index is -4.43. The molecule has 168 valence electrons. The summed E-state index contributed by atoms with van der Waals surface area (Å²) in [6.45, 7) is 0. The molecule has 2 heterocycles. The lowest BCUT2D eigenvalue weighted by atomic mass is 10.2. The summed E-state index contributed by atoms with van der Waals surface area (Å²) in [6.07, 6.45) is -0.989. The SMILES string of the molecule is CNC(=O)c1cc(-n2ccc3cc(NC(=S)Nc4cccc(C(F)(F)F)c4)ccc32)ccn1. The first kappa shape index (κ1) is 22.3. The number of hydrogen-bond acceptors (Lipinski definition) is 3. The summed E-state index contributed by atoms with van der Waals surface area (Å²) in [4.78, 5) is 16.0. The van der Waals surface area contributed by atoms with Crippen LogP contribution in [0.25, 0.3) is 16.6 Å². The first-order valence-corrected chi connectivity index (χ1v) is 10.2. The number of thiocarbonyl (C=S) groups is 1. The van der Waals surface area contributed by atoms with Crippen LogP contribution in [-0.2, 0) is 6.18 Å². The number of halogens is 3. The Labute approximate surface area is 192 Å². The van der Waals surface area contributed by atoms with Gasteiger partial charge in [0.2, 0.25) is 0 Å². The van der Waals surface area contributed by atoms with Crippen molar-refractivity contribution in [1.82, 2.24) is 14.9 Å². The molecule has 33 heavy (non-hydrogen) atoms. The van der Waals surface area contributed by atoms with Crippen LogP contribution in [-0.4, -0.2) is 27.6 Å². The number of fused-ring (bicyclic) bond motifs is 1. The minimum Gasteiger partial charge on any atom is -0.354 e. The van der Waals surface area contributed by atoms with Gasteiger partial charge in [-0.3, -0.25) is 9.78 Å². The van der Waals surface area contributed by atoms with Gasteiger partial charge in [-0.1, -0.05) is 6.07 Å². The monoisotopic (exact) mass is 469 g/mol. The number of carbonyl (C=O) groups is 1. The number of pyridine rings is 1. The zero-order chi connectivity index (χ0) is 23.6. The molecule has 6 nitrogen and oxygen atoms in total. The highest BCUT2D eigenvalue weighted by atomic mass is 32.1. The molecule has 4 rings (SSSR count). The molecular formula is C23H18F3N5OS. The van der Waals surface area contributed by atoms with Gasteiger partial charge in [-0.15, -0.1) is 0 Å². The molecule has 0 saturated carbocycles. The Bertz CT molecular complexity index is 1350. The van der Waals surface area contributed by atoms with Crippen molar-refractivity contribution in [1.29, 1.82) is 0 Å². The summed E-state index contributed by atoms with van der Waals surface area (Å²) in [5.74, 6) is -0.276. The third-order valence-electron chi connectivity index (χ3n) is 4.88. The average molecular weight is 469 g/mol. The number of nitrogens with zero attached hydrogens (tertiary/aromatic N) is 2. The summed E-state index contributed by atoms with van der Waals surface area (Å²) in [5.41, 5.74) is 2.13. The van der Waals surface area contributed by atoms with Gasteiger partial charge in [0.1, 0.15) is 5.69 Å². The molecule has 2 aromatic carbocycles. The lowest BCUT2D eigenvalue weighted by Gasteiger charge is -2.13. The molecule has 0 unspecified atom stereocenters. The lowest BCUT2D eigenvalue weighted by Crippen LogP contribution is -2.19. The van der Waals surface area contributed by atoms with Gasteiger partial charge < -0.3 is 20.5 Å². The third-order valence-corrected chi connectivity index (χ3v) is 5.08. The highest BCUT2D eigenvalue weighted by molar-refractivity contribution is 7.80. The van der Waals surface area contributed by atoms with E-state index in [4.69, 9.17) is 12.2 Å². The fraction of sp³-hybridized carbons (Fsp3) is 0.0870. The molecule has 0 saturated heterocycles. The van der Waals surface area contributed by atoms with E-state index in [1.807, 2.05) is 29.0 Å². The highest BCUT2D eigenvalue weighted by Gasteiger charge is 2.30. The number of hydrogen-bond donors (Lipinski definition) is 3. The number of amides is 1. The van der Waals surface area contributed by atoms with Gasteiger partial charge in [-0.2, -0.15) is 13.2 Å². The van der Waals surface area contributed by atoms with E-state index in [0.717, 1.165) is 28.7 Å². The van der Waals surface area contributed by atoms with Crippen LogP contribution in [0.4, 0.5) is 24.5 Å². The molecule has 0 radical (unpaired) electrons. The van der Waals surface area contributed by atoms with Gasteiger partial charge in [-0.25, -0.2) is 0 Å². The van der Waals surface area contributed by atoms with Crippen LogP contribution < -0.4 is 16.0 Å². The van der Waals surface area contributed by atoms with Crippen LogP contribution >= 0.6 is 12.2 Å². The van der Waals surface area contributed by atoms with Gasteiger partial charge >= 0.3 is 6.18 Å². The topological polar surface area (TPSA) is 71.0 Å². The van der Waals surface area contributed by atoms with E-state index in [1.165, 1.54) is 12.1 Å². The molecule has 0 atom stereocenters. The Kier molecular flexibility index (Phi) is 6.01. The van der Waals surface area contributed by atoms with E-state index in [-0.39, 0.29) is 16.7 Å². The molecule has 0 spiro atoms. The quantitative estimate of drug-likeness (QED) is 0.358. The van der Waals surface area contributed by atoms with Crippen LogP contribution in [0.3, 0.4) is 0 Å². The van der Waals surface area contributed by atoms with E-state index in [1.54, 1.807) is 31.4 Å². The Morgan fingerprint density at radius 2 is 1.76 bits per heavy atom. The number of carbonyl (C=O) groups excluding carboxylic acids is 1. The summed E-state index contributed by atoms with van der Waals surface area (Å²) < 4.78 is 40.6. The number of alkyl halides is 3. The predicted octanol–water partition coefficient (Wildman–Crippen LogP) is 5.21. The average Bonchev–Trinajstić information content (AvgIpc) is 3.21. The van der Waals surface area contributed by atoms with Crippen molar-refractivity contribution in [2.24, 2.45) is 0 Å². The van der Waals surface area contributed by atoms with Gasteiger partial charge in [0, 0.05) is 41.9 Å². The number of anilines is 2. The summed E-state index contributed by atoms with van der Waals surface area (Å²) in [6, 6.07) is 15.8. The lowest BCUT2D eigenvalue weighted by molar-refractivity contribution is -0.137. The van der Waals surface area contributed by atoms with Crippen molar-refractivity contribution >= 4 is 45.5 Å².